The molecule has 0 heterocycles. The molecule has 5 heteroatoms. The molecule has 0 unspecified atom stereocenters. The number of carboxylic acids is 1. The summed E-state index contributed by atoms with van der Waals surface area (Å²) in [5.74, 6) is -1.31. The fraction of sp³-hybridized carbons (Fsp3) is 0.364. The van der Waals surface area contributed by atoms with Crippen molar-refractivity contribution in [1.82, 2.24) is 0 Å². The van der Waals surface area contributed by atoms with Crippen LogP contribution in [0.5, 0.6) is 5.75 Å². The van der Waals surface area contributed by atoms with Crippen LogP contribution in [0.1, 0.15) is 30.1 Å². The summed E-state index contributed by atoms with van der Waals surface area (Å²) in [5, 5.41) is 33.5. The summed E-state index contributed by atoms with van der Waals surface area (Å²) in [6.07, 6.45) is 0.215. The lowest BCUT2D eigenvalue weighted by Gasteiger charge is -1.95. The summed E-state index contributed by atoms with van der Waals surface area (Å²) in [7, 11) is 0. The van der Waals surface area contributed by atoms with E-state index in [-0.39, 0.29) is 11.3 Å². The Kier molecular flexibility index (Phi) is 6.91. The Morgan fingerprint density at radius 3 is 2.12 bits per heavy atom. The third-order valence-electron chi connectivity index (χ3n) is 1.68. The van der Waals surface area contributed by atoms with Gasteiger partial charge in [-0.2, -0.15) is 0 Å². The molecule has 1 aromatic carbocycles. The largest absolute Gasteiger partial charge is 0.507 e. The number of phenols is 1. The minimum absolute atomic E-state index is 0.0671. The molecule has 0 radical (unpaired) electrons. The van der Waals surface area contributed by atoms with Crippen molar-refractivity contribution in [1.29, 1.82) is 0 Å². The monoisotopic (exact) mass is 228 g/mol. The van der Waals surface area contributed by atoms with Crippen molar-refractivity contribution in [3.8, 4) is 5.75 Å². The number of carboxylic acid groups (broad SMARTS) is 1. The summed E-state index contributed by atoms with van der Waals surface area (Å²) >= 11 is 0. The van der Waals surface area contributed by atoms with Gasteiger partial charge in [0.05, 0.1) is 0 Å². The Hall–Kier alpha value is -1.59. The van der Waals surface area contributed by atoms with Crippen LogP contribution in [-0.2, 0) is 0 Å². The van der Waals surface area contributed by atoms with Gasteiger partial charge in [-0.1, -0.05) is 25.5 Å². The molecule has 1 rings (SSSR count). The van der Waals surface area contributed by atoms with Crippen LogP contribution in [0.4, 0.5) is 0 Å². The average Bonchev–Trinajstić information content (AvgIpc) is 2.18. The van der Waals surface area contributed by atoms with Gasteiger partial charge in [0, 0.05) is 0 Å². The number of carbonyl (C=O) groups is 1. The number of aliphatic hydroxyl groups excluding tert-OH is 1. The molecule has 90 valence electrons. The van der Waals surface area contributed by atoms with Gasteiger partial charge in [-0.15, -0.1) is 0 Å². The van der Waals surface area contributed by atoms with Crippen molar-refractivity contribution in [2.75, 3.05) is 0 Å². The second-order valence-electron chi connectivity index (χ2n) is 3.09. The number of benzene rings is 1. The van der Waals surface area contributed by atoms with Crippen molar-refractivity contribution >= 4 is 5.97 Å². The number of para-hydroxylation sites is 1. The Balaban J connectivity index is 0.000000325. The van der Waals surface area contributed by atoms with Gasteiger partial charge in [-0.3, -0.25) is 0 Å². The maximum Gasteiger partial charge on any atom is 0.339 e. The molecule has 0 aliphatic carbocycles. The first-order valence-electron chi connectivity index (χ1n) is 4.86. The lowest BCUT2D eigenvalue weighted by atomic mass is 10.2. The van der Waals surface area contributed by atoms with Gasteiger partial charge in [0.15, 0.2) is 6.29 Å². The molecule has 1 aromatic rings. The lowest BCUT2D eigenvalue weighted by molar-refractivity contribution is -0.0453. The molecule has 5 nitrogen and oxygen atoms in total. The quantitative estimate of drug-likeness (QED) is 0.582. The predicted molar refractivity (Wildman–Crippen MR) is 58.2 cm³/mol. The Morgan fingerprint density at radius 1 is 1.31 bits per heavy atom. The van der Waals surface area contributed by atoms with Gasteiger partial charge >= 0.3 is 5.97 Å². The zero-order valence-corrected chi connectivity index (χ0v) is 9.00. The van der Waals surface area contributed by atoms with E-state index in [1.807, 2.05) is 6.92 Å². The summed E-state index contributed by atoms with van der Waals surface area (Å²) in [6, 6.07) is 5.81. The number of hydrogen-bond acceptors (Lipinski definition) is 4. The van der Waals surface area contributed by atoms with Crippen LogP contribution in [0.25, 0.3) is 0 Å². The smallest absolute Gasteiger partial charge is 0.339 e. The highest BCUT2D eigenvalue weighted by Crippen LogP contribution is 2.14. The average molecular weight is 228 g/mol. The van der Waals surface area contributed by atoms with Crippen LogP contribution in [0.2, 0.25) is 0 Å². The van der Waals surface area contributed by atoms with Crippen molar-refractivity contribution < 1.29 is 25.2 Å². The van der Waals surface area contributed by atoms with Gasteiger partial charge in [-0.05, 0) is 18.6 Å². The van der Waals surface area contributed by atoms with E-state index in [2.05, 4.69) is 0 Å². The lowest BCUT2D eigenvalue weighted by Crippen LogP contribution is -2.01. The van der Waals surface area contributed by atoms with Crippen LogP contribution in [0.3, 0.4) is 0 Å². The van der Waals surface area contributed by atoms with Crippen molar-refractivity contribution in [3.05, 3.63) is 29.8 Å². The minimum atomic E-state index is -1.11. The predicted octanol–water partition coefficient (Wildman–Crippen LogP) is 1.19. The summed E-state index contributed by atoms with van der Waals surface area (Å²) in [4.78, 5) is 10.3. The second-order valence-corrected chi connectivity index (χ2v) is 3.09. The van der Waals surface area contributed by atoms with Gasteiger partial charge in [-0.25, -0.2) is 4.79 Å². The van der Waals surface area contributed by atoms with Gasteiger partial charge in [0.1, 0.15) is 11.3 Å². The van der Waals surface area contributed by atoms with Crippen molar-refractivity contribution in [2.45, 2.75) is 26.1 Å². The van der Waals surface area contributed by atoms with E-state index in [0.717, 1.165) is 6.42 Å². The Bertz CT molecular complexity index is 322. The molecule has 16 heavy (non-hydrogen) atoms. The van der Waals surface area contributed by atoms with Crippen LogP contribution in [0, 0.1) is 0 Å². The molecule has 0 saturated carbocycles. The molecule has 0 spiro atoms. The summed E-state index contributed by atoms with van der Waals surface area (Å²) in [6.45, 7) is 1.90. The molecule has 0 bridgehead atoms. The highest BCUT2D eigenvalue weighted by molar-refractivity contribution is 5.90. The highest BCUT2D eigenvalue weighted by Gasteiger charge is 2.05. The Morgan fingerprint density at radius 2 is 1.88 bits per heavy atom. The number of hydrogen-bond donors (Lipinski definition) is 4. The third kappa shape index (κ3) is 6.00. The highest BCUT2D eigenvalue weighted by atomic mass is 16.5. The normalized spacial score (nSPS) is 9.50. The molecule has 0 fully saturated rings. The SMILES string of the molecule is CCCC(O)O.O=C(O)c1ccccc1O. The molecule has 0 aliphatic rings. The van der Waals surface area contributed by atoms with E-state index in [1.165, 1.54) is 12.1 Å². The fourth-order valence-corrected chi connectivity index (χ4v) is 0.913. The fourth-order valence-electron chi connectivity index (χ4n) is 0.913. The first kappa shape index (κ1) is 14.4. The molecular weight excluding hydrogens is 212 g/mol. The van der Waals surface area contributed by atoms with Gasteiger partial charge < -0.3 is 20.4 Å². The summed E-state index contributed by atoms with van der Waals surface area (Å²) < 4.78 is 0. The zero-order valence-electron chi connectivity index (χ0n) is 9.00. The number of rotatable bonds is 3. The number of aliphatic hydroxyl groups is 2. The Labute approximate surface area is 93.6 Å². The number of aromatic carboxylic acids is 1. The standard InChI is InChI=1S/C7H6O3.C4H10O2/c8-6-4-2-1-3-5(6)7(9)10;1-2-3-4(5)6/h1-4,8H,(H,9,10);4-6H,2-3H2,1H3. The molecule has 0 saturated heterocycles. The van der Waals surface area contributed by atoms with Crippen LogP contribution in [0.15, 0.2) is 24.3 Å². The van der Waals surface area contributed by atoms with Crippen molar-refractivity contribution in [3.63, 3.8) is 0 Å². The molecule has 0 amide bonds. The molecule has 4 N–H and O–H groups in total. The zero-order chi connectivity index (χ0) is 12.6. The maximum atomic E-state index is 10.3. The van der Waals surface area contributed by atoms with E-state index in [9.17, 15) is 4.79 Å². The molecule has 0 aromatic heterocycles. The van der Waals surface area contributed by atoms with Crippen LogP contribution in [-0.4, -0.2) is 32.7 Å². The maximum absolute atomic E-state index is 10.3. The second kappa shape index (κ2) is 7.67. The van der Waals surface area contributed by atoms with E-state index in [1.54, 1.807) is 12.1 Å². The van der Waals surface area contributed by atoms with Crippen molar-refractivity contribution in [2.24, 2.45) is 0 Å². The minimum Gasteiger partial charge on any atom is -0.507 e. The topological polar surface area (TPSA) is 98.0 Å². The van der Waals surface area contributed by atoms with E-state index >= 15 is 0 Å². The first-order valence-corrected chi connectivity index (χ1v) is 4.86. The van der Waals surface area contributed by atoms with E-state index < -0.39 is 12.3 Å². The first-order chi connectivity index (χ1) is 7.49. The van der Waals surface area contributed by atoms with Gasteiger partial charge in [0.2, 0.25) is 0 Å². The van der Waals surface area contributed by atoms with Crippen LogP contribution >= 0.6 is 0 Å². The van der Waals surface area contributed by atoms with Crippen LogP contribution < -0.4 is 0 Å². The van der Waals surface area contributed by atoms with Gasteiger partial charge in [0.25, 0.3) is 0 Å². The molecule has 0 aliphatic heterocycles. The molecular formula is C11H16O5. The van der Waals surface area contributed by atoms with E-state index in [0.29, 0.717) is 6.42 Å². The third-order valence-corrected chi connectivity index (χ3v) is 1.68. The summed E-state index contributed by atoms with van der Waals surface area (Å²) in [5.41, 5.74) is -0.0671. The van der Waals surface area contributed by atoms with E-state index in [4.69, 9.17) is 20.4 Å². The number of aromatic hydroxyl groups is 1. The molecule has 0 atom stereocenters.